The molecule has 4 nitrogen and oxygen atoms in total. The average Bonchev–Trinajstić information content (AvgIpc) is 2.61. The minimum absolute atomic E-state index is 0.297. The van der Waals surface area contributed by atoms with Crippen molar-refractivity contribution in [2.45, 2.75) is 12.6 Å². The summed E-state index contributed by atoms with van der Waals surface area (Å²) in [5, 5.41) is 8.66. The molecule has 1 saturated heterocycles. The Labute approximate surface area is 89.0 Å². The topological polar surface area (TPSA) is 57.6 Å². The Hall–Kier alpha value is -1.71. The number of nitrogens with zero attached hydrogens (tertiary/aromatic N) is 1. The lowest BCUT2D eigenvalue weighted by Crippen LogP contribution is -2.47. The van der Waals surface area contributed by atoms with Gasteiger partial charge in [-0.3, -0.25) is 9.59 Å². The summed E-state index contributed by atoms with van der Waals surface area (Å²) in [4.78, 5) is 22.4. The zero-order valence-electron chi connectivity index (χ0n) is 8.04. The van der Waals surface area contributed by atoms with E-state index >= 15 is 0 Å². The van der Waals surface area contributed by atoms with E-state index in [4.69, 9.17) is 11.5 Å². The number of carboxylic acids is 1. The van der Waals surface area contributed by atoms with E-state index in [1.165, 1.54) is 0 Å². The number of carbonyl (C=O) groups excluding carboxylic acids is 1. The third-order valence-corrected chi connectivity index (χ3v) is 2.63. The summed E-state index contributed by atoms with van der Waals surface area (Å²) in [5.74, 6) is -1.24. The van der Waals surface area contributed by atoms with Crippen molar-refractivity contribution < 1.29 is 27.9 Å². The molecule has 1 unspecified atom stereocenters. The summed E-state index contributed by atoms with van der Waals surface area (Å²) in [5.41, 5.74) is -2.89. The molecule has 0 aromatic carbocycles. The minimum Gasteiger partial charge on any atom is -0.481 e. The maximum absolute atomic E-state index is 12.6. The second kappa shape index (κ2) is 3.70. The van der Waals surface area contributed by atoms with E-state index in [0.717, 1.165) is 4.90 Å². The van der Waals surface area contributed by atoms with Crippen molar-refractivity contribution in [3.63, 3.8) is 0 Å². The fourth-order valence-electron chi connectivity index (χ4n) is 1.60. The summed E-state index contributed by atoms with van der Waals surface area (Å²) in [7, 11) is 0. The molecule has 1 atom stereocenters. The number of hydrogen-bond acceptors (Lipinski definition) is 2. The lowest BCUT2D eigenvalue weighted by Gasteiger charge is -2.26. The zero-order valence-corrected chi connectivity index (χ0v) is 8.04. The number of halogens is 3. The lowest BCUT2D eigenvalue weighted by atomic mass is 9.86. The van der Waals surface area contributed by atoms with Gasteiger partial charge in [0.15, 0.2) is 5.41 Å². The van der Waals surface area contributed by atoms with E-state index in [1.54, 1.807) is 5.92 Å². The summed E-state index contributed by atoms with van der Waals surface area (Å²) in [6, 6.07) is 0. The van der Waals surface area contributed by atoms with Crippen molar-refractivity contribution in [1.29, 1.82) is 0 Å². The van der Waals surface area contributed by atoms with Crippen molar-refractivity contribution >= 4 is 11.9 Å². The van der Waals surface area contributed by atoms with E-state index < -0.39 is 36.4 Å². The third kappa shape index (κ3) is 1.71. The first-order valence-corrected chi connectivity index (χ1v) is 4.30. The van der Waals surface area contributed by atoms with Gasteiger partial charge >= 0.3 is 12.1 Å². The Balaban J connectivity index is 3.00. The Morgan fingerprint density at radius 3 is 2.31 bits per heavy atom. The average molecular weight is 235 g/mol. The predicted octanol–water partition coefficient (Wildman–Crippen LogP) is 0.485. The van der Waals surface area contributed by atoms with Gasteiger partial charge in [-0.1, -0.05) is 0 Å². The van der Waals surface area contributed by atoms with Gasteiger partial charge < -0.3 is 10.0 Å². The van der Waals surface area contributed by atoms with Crippen LogP contribution in [0.1, 0.15) is 6.42 Å². The number of hydrogen-bond donors (Lipinski definition) is 1. The molecule has 0 bridgehead atoms. The number of aliphatic carboxylic acids is 1. The third-order valence-electron chi connectivity index (χ3n) is 2.63. The minimum atomic E-state index is -4.90. The van der Waals surface area contributed by atoms with E-state index in [0.29, 0.717) is 0 Å². The van der Waals surface area contributed by atoms with Crippen LogP contribution in [-0.2, 0) is 9.59 Å². The first-order valence-electron chi connectivity index (χ1n) is 4.30. The number of rotatable bonds is 1. The number of carboxylic acid groups (broad SMARTS) is 1. The smallest absolute Gasteiger partial charge is 0.406 e. The standard InChI is InChI=1S/C9H8F3NO3/c1-2-6(14)13-4-3-8(5-13,7(15)16)9(10,11)12/h1H,3-5H2,(H,15,16). The molecule has 0 aromatic heterocycles. The molecular weight excluding hydrogens is 227 g/mol. The fraction of sp³-hybridized carbons (Fsp3) is 0.556. The molecule has 0 saturated carbocycles. The highest BCUT2D eigenvalue weighted by Gasteiger charge is 2.64. The van der Waals surface area contributed by atoms with Crippen molar-refractivity contribution in [1.82, 2.24) is 4.90 Å². The Morgan fingerprint density at radius 1 is 1.44 bits per heavy atom. The van der Waals surface area contributed by atoms with Crippen LogP contribution in [0.4, 0.5) is 13.2 Å². The molecular formula is C9H8F3NO3. The molecule has 1 amide bonds. The fourth-order valence-corrected chi connectivity index (χ4v) is 1.60. The highest BCUT2D eigenvalue weighted by Crippen LogP contribution is 2.45. The van der Waals surface area contributed by atoms with Crippen molar-refractivity contribution in [2.75, 3.05) is 13.1 Å². The van der Waals surface area contributed by atoms with Crippen LogP contribution in [0.15, 0.2) is 0 Å². The highest BCUT2D eigenvalue weighted by molar-refractivity contribution is 5.93. The zero-order chi connectivity index (χ0) is 12.6. The number of alkyl halides is 3. The molecule has 0 spiro atoms. The van der Waals surface area contributed by atoms with Crippen LogP contribution in [-0.4, -0.2) is 41.1 Å². The van der Waals surface area contributed by atoms with Gasteiger partial charge in [-0.2, -0.15) is 13.2 Å². The molecule has 0 radical (unpaired) electrons. The van der Waals surface area contributed by atoms with E-state index in [9.17, 15) is 22.8 Å². The van der Waals surface area contributed by atoms with Crippen molar-refractivity contribution in [3.05, 3.63) is 0 Å². The summed E-state index contributed by atoms with van der Waals surface area (Å²) < 4.78 is 37.9. The van der Waals surface area contributed by atoms with Crippen LogP contribution in [0, 0.1) is 17.8 Å². The number of carbonyl (C=O) groups is 2. The van der Waals surface area contributed by atoms with E-state index in [2.05, 4.69) is 0 Å². The van der Waals surface area contributed by atoms with Gasteiger partial charge in [0.2, 0.25) is 0 Å². The monoisotopic (exact) mass is 235 g/mol. The molecule has 1 aliphatic heterocycles. The first-order chi connectivity index (χ1) is 7.24. The number of amides is 1. The van der Waals surface area contributed by atoms with Gasteiger partial charge in [0.25, 0.3) is 5.91 Å². The molecule has 1 aliphatic rings. The second-order valence-electron chi connectivity index (χ2n) is 3.51. The van der Waals surface area contributed by atoms with E-state index in [-0.39, 0.29) is 6.54 Å². The molecule has 7 heteroatoms. The van der Waals surface area contributed by atoms with Gasteiger partial charge in [-0.05, 0) is 12.3 Å². The molecule has 1 fully saturated rings. The largest absolute Gasteiger partial charge is 0.481 e. The normalized spacial score (nSPS) is 25.2. The molecule has 1 N–H and O–H groups in total. The Morgan fingerprint density at radius 2 is 2.00 bits per heavy atom. The summed E-state index contributed by atoms with van der Waals surface area (Å²) >= 11 is 0. The van der Waals surface area contributed by atoms with Crippen LogP contribution in [0.3, 0.4) is 0 Å². The van der Waals surface area contributed by atoms with Gasteiger partial charge in [0.1, 0.15) is 0 Å². The number of likely N-dealkylation sites (tertiary alicyclic amines) is 1. The molecule has 0 aliphatic carbocycles. The van der Waals surface area contributed by atoms with E-state index in [1.807, 2.05) is 0 Å². The van der Waals surface area contributed by atoms with Crippen LogP contribution in [0.2, 0.25) is 0 Å². The Kier molecular flexibility index (Phi) is 2.86. The first kappa shape index (κ1) is 12.4. The maximum Gasteiger partial charge on any atom is 0.406 e. The van der Waals surface area contributed by atoms with Crippen LogP contribution >= 0.6 is 0 Å². The van der Waals surface area contributed by atoms with Gasteiger partial charge in [0.05, 0.1) is 0 Å². The van der Waals surface area contributed by atoms with Crippen molar-refractivity contribution in [2.24, 2.45) is 5.41 Å². The van der Waals surface area contributed by atoms with Gasteiger partial charge in [-0.25, -0.2) is 0 Å². The predicted molar refractivity (Wildman–Crippen MR) is 46.2 cm³/mol. The van der Waals surface area contributed by atoms with Crippen LogP contribution < -0.4 is 0 Å². The lowest BCUT2D eigenvalue weighted by molar-refractivity contribution is -0.227. The molecule has 88 valence electrons. The van der Waals surface area contributed by atoms with Crippen LogP contribution in [0.25, 0.3) is 0 Å². The SMILES string of the molecule is C#CC(=O)N1CCC(C(=O)O)(C(F)(F)F)C1. The number of terminal acetylenes is 1. The maximum atomic E-state index is 12.6. The highest BCUT2D eigenvalue weighted by atomic mass is 19.4. The molecule has 16 heavy (non-hydrogen) atoms. The summed E-state index contributed by atoms with van der Waals surface area (Å²) in [6.45, 7) is -1.22. The van der Waals surface area contributed by atoms with Crippen molar-refractivity contribution in [3.8, 4) is 12.3 Å². The second-order valence-corrected chi connectivity index (χ2v) is 3.51. The van der Waals surface area contributed by atoms with Crippen LogP contribution in [0.5, 0.6) is 0 Å². The molecule has 1 heterocycles. The molecule has 1 rings (SSSR count). The van der Waals surface area contributed by atoms with Gasteiger partial charge in [0, 0.05) is 13.1 Å². The Bertz CT molecular complexity index is 371. The quantitative estimate of drug-likeness (QED) is 0.673. The van der Waals surface area contributed by atoms with Gasteiger partial charge in [-0.15, -0.1) is 6.42 Å². The molecule has 0 aromatic rings. The summed E-state index contributed by atoms with van der Waals surface area (Å²) in [6.07, 6.45) is -0.812.